The Kier molecular flexibility index (Phi) is 7.04. The summed E-state index contributed by atoms with van der Waals surface area (Å²) in [6, 6.07) is 11.4. The lowest BCUT2D eigenvalue weighted by molar-refractivity contribution is -0.137. The predicted molar refractivity (Wildman–Crippen MR) is 115 cm³/mol. The molecule has 0 unspecified atom stereocenters. The fourth-order valence-corrected chi connectivity index (χ4v) is 3.23. The first-order chi connectivity index (χ1) is 15.2. The van der Waals surface area contributed by atoms with Gasteiger partial charge in [-0.15, -0.1) is 0 Å². The number of hydrogen-bond donors (Lipinski definition) is 2. The lowest BCUT2D eigenvalue weighted by atomic mass is 10.1. The van der Waals surface area contributed by atoms with Crippen molar-refractivity contribution in [3.63, 3.8) is 0 Å². The maximum atomic E-state index is 13.2. The molecule has 3 rings (SSSR count). The van der Waals surface area contributed by atoms with Crippen molar-refractivity contribution in [3.05, 3.63) is 72.1 Å². The summed E-state index contributed by atoms with van der Waals surface area (Å²) in [7, 11) is 5.31. The number of carbonyl (C=O) groups excluding carboxylic acids is 1. The number of aromatic nitrogens is 2. The van der Waals surface area contributed by atoms with Crippen LogP contribution in [0.2, 0.25) is 0 Å². The molecule has 32 heavy (non-hydrogen) atoms. The molecule has 2 N–H and O–H groups in total. The molecule has 0 aliphatic rings. The van der Waals surface area contributed by atoms with Crippen LogP contribution in [0.15, 0.2) is 60.9 Å². The lowest BCUT2D eigenvalue weighted by Gasteiger charge is -2.25. The molecule has 1 aromatic heterocycles. The summed E-state index contributed by atoms with van der Waals surface area (Å²) in [6.45, 7) is 0.224. The fourth-order valence-electron chi connectivity index (χ4n) is 3.23. The van der Waals surface area contributed by atoms with Crippen LogP contribution < -0.4 is 15.4 Å². The number of amides is 2. The standard InChI is InChI=1S/C22H24F3N5O2/c1-29(2)20(15-6-4-7-17(12-15)32-3)14-26-21(31)28-18-13-16(22(23,24)25)8-9-19(18)30-11-5-10-27-30/h4-13,20H,14H2,1-3H3,(H2,26,28,31)/t20-/m0/s1. The maximum Gasteiger partial charge on any atom is 0.416 e. The Morgan fingerprint density at radius 1 is 1.19 bits per heavy atom. The minimum absolute atomic E-state index is 0.0104. The van der Waals surface area contributed by atoms with E-state index in [9.17, 15) is 18.0 Å². The topological polar surface area (TPSA) is 71.4 Å². The first kappa shape index (κ1) is 23.1. The zero-order valence-corrected chi connectivity index (χ0v) is 17.8. The second kappa shape index (κ2) is 9.73. The highest BCUT2D eigenvalue weighted by atomic mass is 19.4. The normalized spacial score (nSPS) is 12.5. The minimum atomic E-state index is -4.54. The zero-order chi connectivity index (χ0) is 23.3. The highest BCUT2D eigenvalue weighted by molar-refractivity contribution is 5.91. The average Bonchev–Trinajstić information content (AvgIpc) is 3.28. The Morgan fingerprint density at radius 2 is 1.97 bits per heavy atom. The number of methoxy groups -OCH3 is 1. The monoisotopic (exact) mass is 447 g/mol. The molecular formula is C22H24F3N5O2. The van der Waals surface area contributed by atoms with Gasteiger partial charge in [-0.05, 0) is 56.1 Å². The maximum absolute atomic E-state index is 13.2. The second-order valence-electron chi connectivity index (χ2n) is 7.27. The molecule has 1 heterocycles. The van der Waals surface area contributed by atoms with Crippen molar-refractivity contribution in [1.29, 1.82) is 0 Å². The number of urea groups is 1. The third-order valence-electron chi connectivity index (χ3n) is 4.88. The average molecular weight is 447 g/mol. The highest BCUT2D eigenvalue weighted by Gasteiger charge is 2.31. The van der Waals surface area contributed by atoms with Crippen LogP contribution >= 0.6 is 0 Å². The van der Waals surface area contributed by atoms with E-state index < -0.39 is 17.8 Å². The Bertz CT molecular complexity index is 1050. The van der Waals surface area contributed by atoms with Gasteiger partial charge < -0.3 is 20.3 Å². The molecule has 0 radical (unpaired) electrons. The van der Waals surface area contributed by atoms with Crippen molar-refractivity contribution >= 4 is 11.7 Å². The molecule has 0 saturated carbocycles. The number of nitrogens with one attached hydrogen (secondary N) is 2. The number of nitrogens with zero attached hydrogens (tertiary/aromatic N) is 3. The molecule has 1 atom stereocenters. The van der Waals surface area contributed by atoms with Gasteiger partial charge in [0.25, 0.3) is 0 Å². The third-order valence-corrected chi connectivity index (χ3v) is 4.88. The molecule has 7 nitrogen and oxygen atoms in total. The number of anilines is 1. The van der Waals surface area contributed by atoms with E-state index in [0.29, 0.717) is 11.4 Å². The Labute approximate surface area is 183 Å². The van der Waals surface area contributed by atoms with Gasteiger partial charge in [-0.2, -0.15) is 18.3 Å². The van der Waals surface area contributed by atoms with E-state index in [-0.39, 0.29) is 18.3 Å². The highest BCUT2D eigenvalue weighted by Crippen LogP contribution is 2.33. The van der Waals surface area contributed by atoms with Gasteiger partial charge >= 0.3 is 12.2 Å². The van der Waals surface area contributed by atoms with Crippen molar-refractivity contribution in [2.45, 2.75) is 12.2 Å². The van der Waals surface area contributed by atoms with Crippen molar-refractivity contribution < 1.29 is 22.7 Å². The van der Waals surface area contributed by atoms with Crippen LogP contribution in [-0.2, 0) is 6.18 Å². The van der Waals surface area contributed by atoms with Gasteiger partial charge in [-0.1, -0.05) is 12.1 Å². The van der Waals surface area contributed by atoms with Gasteiger partial charge in [0.2, 0.25) is 0 Å². The summed E-state index contributed by atoms with van der Waals surface area (Å²) < 4.78 is 46.3. The number of likely N-dealkylation sites (N-methyl/N-ethyl adjacent to an activating group) is 1. The molecule has 0 fully saturated rings. The van der Waals surface area contributed by atoms with Crippen LogP contribution in [0.3, 0.4) is 0 Å². The van der Waals surface area contributed by atoms with Crippen molar-refractivity contribution in [2.75, 3.05) is 33.1 Å². The Hall–Kier alpha value is -3.53. The molecule has 0 saturated heterocycles. The minimum Gasteiger partial charge on any atom is -0.497 e. The lowest BCUT2D eigenvalue weighted by Crippen LogP contribution is -2.37. The predicted octanol–water partition coefficient (Wildman–Crippen LogP) is 4.32. The van der Waals surface area contributed by atoms with E-state index in [1.807, 2.05) is 43.3 Å². The Morgan fingerprint density at radius 3 is 2.59 bits per heavy atom. The molecular weight excluding hydrogens is 423 g/mol. The van der Waals surface area contributed by atoms with Crippen LogP contribution in [0, 0.1) is 0 Å². The molecule has 3 aromatic rings. The van der Waals surface area contributed by atoms with Crippen LogP contribution in [0.5, 0.6) is 5.75 Å². The number of benzene rings is 2. The molecule has 2 amide bonds. The quantitative estimate of drug-likeness (QED) is 0.566. The number of carbonyl (C=O) groups is 1. The number of ether oxygens (including phenoxy) is 1. The smallest absolute Gasteiger partial charge is 0.416 e. The van der Waals surface area contributed by atoms with Crippen molar-refractivity contribution in [1.82, 2.24) is 20.0 Å². The van der Waals surface area contributed by atoms with Crippen molar-refractivity contribution in [3.8, 4) is 11.4 Å². The molecule has 170 valence electrons. The summed E-state index contributed by atoms with van der Waals surface area (Å²) in [5, 5.41) is 9.31. The third kappa shape index (κ3) is 5.58. The number of halogens is 3. The number of rotatable bonds is 7. The number of hydrogen-bond acceptors (Lipinski definition) is 4. The largest absolute Gasteiger partial charge is 0.497 e. The van der Waals surface area contributed by atoms with Crippen LogP contribution in [0.25, 0.3) is 5.69 Å². The molecule has 10 heteroatoms. The molecule has 0 aliphatic heterocycles. The Balaban J connectivity index is 1.78. The van der Waals surface area contributed by atoms with E-state index in [1.165, 1.54) is 16.9 Å². The zero-order valence-electron chi connectivity index (χ0n) is 17.8. The van der Waals surface area contributed by atoms with E-state index in [1.54, 1.807) is 19.4 Å². The molecule has 2 aromatic carbocycles. The van der Waals surface area contributed by atoms with Gasteiger partial charge in [0.05, 0.1) is 30.1 Å². The van der Waals surface area contributed by atoms with Gasteiger partial charge in [0.1, 0.15) is 5.75 Å². The molecule has 0 bridgehead atoms. The van der Waals surface area contributed by atoms with E-state index in [2.05, 4.69) is 15.7 Å². The second-order valence-corrected chi connectivity index (χ2v) is 7.27. The summed E-state index contributed by atoms with van der Waals surface area (Å²) in [4.78, 5) is 14.5. The van der Waals surface area contributed by atoms with Crippen LogP contribution in [0.4, 0.5) is 23.7 Å². The summed E-state index contributed by atoms with van der Waals surface area (Å²) in [6.07, 6.45) is -1.47. The van der Waals surface area contributed by atoms with E-state index in [4.69, 9.17) is 4.74 Å². The SMILES string of the molecule is COc1cccc([C@H](CNC(=O)Nc2cc(C(F)(F)F)ccc2-n2cccn2)N(C)C)c1. The number of alkyl halides is 3. The molecule has 0 aliphatic carbocycles. The van der Waals surface area contributed by atoms with E-state index in [0.717, 1.165) is 17.7 Å². The van der Waals surface area contributed by atoms with Gasteiger partial charge in [0, 0.05) is 18.9 Å². The van der Waals surface area contributed by atoms with Crippen LogP contribution in [0.1, 0.15) is 17.2 Å². The summed E-state index contributed by atoms with van der Waals surface area (Å²) >= 11 is 0. The first-order valence-corrected chi connectivity index (χ1v) is 9.75. The van der Waals surface area contributed by atoms with Gasteiger partial charge in [0.15, 0.2) is 0 Å². The van der Waals surface area contributed by atoms with Gasteiger partial charge in [-0.25, -0.2) is 9.48 Å². The summed E-state index contributed by atoms with van der Waals surface area (Å²) in [5.41, 5.74) is 0.358. The van der Waals surface area contributed by atoms with Crippen LogP contribution in [-0.4, -0.2) is 48.5 Å². The summed E-state index contributed by atoms with van der Waals surface area (Å²) in [5.74, 6) is 0.687. The fraction of sp³-hybridized carbons (Fsp3) is 0.273. The van der Waals surface area contributed by atoms with Gasteiger partial charge in [-0.3, -0.25) is 0 Å². The first-order valence-electron chi connectivity index (χ1n) is 9.75. The van der Waals surface area contributed by atoms with E-state index >= 15 is 0 Å². The van der Waals surface area contributed by atoms with Crippen molar-refractivity contribution in [2.24, 2.45) is 0 Å². The molecule has 0 spiro atoms.